The van der Waals surface area contributed by atoms with Crippen LogP contribution in [-0.2, 0) is 0 Å². The van der Waals surface area contributed by atoms with Gasteiger partial charge in [0.25, 0.3) is 0 Å². The molecule has 0 saturated carbocycles. The maximum absolute atomic E-state index is 6.44. The summed E-state index contributed by atoms with van der Waals surface area (Å²) in [5, 5.41) is 12.2. The molecule has 51 heavy (non-hydrogen) atoms. The fourth-order valence-electron chi connectivity index (χ4n) is 7.88. The fraction of sp³-hybridized carbons (Fsp3) is 0. The van der Waals surface area contributed by atoms with Crippen LogP contribution in [0.2, 0.25) is 0 Å². The van der Waals surface area contributed by atoms with Gasteiger partial charge in [0.05, 0.1) is 0 Å². The predicted molar refractivity (Wildman–Crippen MR) is 217 cm³/mol. The van der Waals surface area contributed by atoms with Crippen LogP contribution >= 0.6 is 11.3 Å². The second-order valence-corrected chi connectivity index (χ2v) is 14.2. The van der Waals surface area contributed by atoms with E-state index in [1.54, 1.807) is 0 Å². The normalized spacial score (nSPS) is 11.9. The van der Waals surface area contributed by atoms with Crippen LogP contribution in [0.5, 0.6) is 0 Å². The Bertz CT molecular complexity index is 3160. The summed E-state index contributed by atoms with van der Waals surface area (Å²) in [7, 11) is 0. The fourth-order valence-corrected chi connectivity index (χ4v) is 9.04. The van der Waals surface area contributed by atoms with E-state index in [4.69, 9.17) is 9.40 Å². The first kappa shape index (κ1) is 28.4. The molecule has 238 valence electrons. The van der Waals surface area contributed by atoms with Crippen molar-refractivity contribution in [1.82, 2.24) is 4.98 Å². The molecule has 0 N–H and O–H groups in total. The van der Waals surface area contributed by atoms with Gasteiger partial charge in [-0.2, -0.15) is 0 Å². The van der Waals surface area contributed by atoms with Gasteiger partial charge >= 0.3 is 0 Å². The number of fused-ring (bicyclic) bond motifs is 11. The monoisotopic (exact) mass is 668 g/mol. The highest BCUT2D eigenvalue weighted by molar-refractivity contribution is 7.26. The zero-order valence-electron chi connectivity index (χ0n) is 27.4. The lowest BCUT2D eigenvalue weighted by Gasteiger charge is -2.26. The maximum Gasteiger partial charge on any atom is 0.228 e. The van der Waals surface area contributed by atoms with E-state index in [2.05, 4.69) is 169 Å². The molecule has 4 heteroatoms. The van der Waals surface area contributed by atoms with Crippen LogP contribution in [0.3, 0.4) is 0 Å². The molecular formula is C47H28N2OS. The SMILES string of the molecule is c1ccc(N(c2ccc3c(c2)sc2cccc(-c4nc5c(ccc6ccccc65)o4)c23)c2ccc3ccc4c5ccccc5ccc4c3c2)cc1. The molecule has 0 unspecified atom stereocenters. The number of rotatable bonds is 4. The van der Waals surface area contributed by atoms with E-state index in [1.165, 1.54) is 52.5 Å². The summed E-state index contributed by atoms with van der Waals surface area (Å²) in [6.45, 7) is 0. The molecule has 2 aromatic heterocycles. The molecule has 0 saturated heterocycles. The van der Waals surface area contributed by atoms with Gasteiger partial charge in [0.2, 0.25) is 5.89 Å². The van der Waals surface area contributed by atoms with Gasteiger partial charge in [0, 0.05) is 48.2 Å². The Kier molecular flexibility index (Phi) is 6.12. The largest absolute Gasteiger partial charge is 0.436 e. The summed E-state index contributed by atoms with van der Waals surface area (Å²) in [5.41, 5.74) is 6.06. The molecule has 11 aromatic rings. The average molecular weight is 669 g/mol. The molecule has 2 heterocycles. The molecule has 0 fully saturated rings. The van der Waals surface area contributed by atoms with Crippen LogP contribution in [0.15, 0.2) is 174 Å². The lowest BCUT2D eigenvalue weighted by molar-refractivity contribution is 0.621. The van der Waals surface area contributed by atoms with Crippen molar-refractivity contribution in [2.75, 3.05) is 4.90 Å². The third-order valence-electron chi connectivity index (χ3n) is 10.3. The second-order valence-electron chi connectivity index (χ2n) is 13.1. The number of oxazole rings is 1. The first-order chi connectivity index (χ1) is 25.3. The van der Waals surface area contributed by atoms with Gasteiger partial charge in [0.1, 0.15) is 5.52 Å². The Hall–Kier alpha value is -6.49. The molecule has 0 amide bonds. The quantitative estimate of drug-likeness (QED) is 0.175. The van der Waals surface area contributed by atoms with Crippen molar-refractivity contribution < 1.29 is 4.42 Å². The lowest BCUT2D eigenvalue weighted by Crippen LogP contribution is -2.09. The first-order valence-corrected chi connectivity index (χ1v) is 18.0. The van der Waals surface area contributed by atoms with Gasteiger partial charge < -0.3 is 9.32 Å². The van der Waals surface area contributed by atoms with Crippen molar-refractivity contribution in [2.24, 2.45) is 0 Å². The van der Waals surface area contributed by atoms with Crippen molar-refractivity contribution >= 4 is 103 Å². The highest BCUT2D eigenvalue weighted by Crippen LogP contribution is 2.45. The number of hydrogen-bond donors (Lipinski definition) is 0. The molecule has 0 aliphatic carbocycles. The van der Waals surface area contributed by atoms with E-state index < -0.39 is 0 Å². The molecule has 0 bridgehead atoms. The maximum atomic E-state index is 6.44. The molecule has 0 radical (unpaired) electrons. The van der Waals surface area contributed by atoms with Gasteiger partial charge in [-0.05, 0) is 92.3 Å². The molecule has 0 atom stereocenters. The minimum Gasteiger partial charge on any atom is -0.436 e. The number of benzene rings is 9. The Morgan fingerprint density at radius 2 is 1.08 bits per heavy atom. The van der Waals surface area contributed by atoms with Crippen LogP contribution in [0.25, 0.3) is 85.8 Å². The zero-order chi connectivity index (χ0) is 33.5. The van der Waals surface area contributed by atoms with Gasteiger partial charge in [-0.25, -0.2) is 4.98 Å². The number of nitrogens with zero attached hydrogens (tertiary/aromatic N) is 2. The van der Waals surface area contributed by atoms with E-state index in [-0.39, 0.29) is 0 Å². The van der Waals surface area contributed by atoms with Crippen molar-refractivity contribution in [3.05, 3.63) is 170 Å². The summed E-state index contributed by atoms with van der Waals surface area (Å²) in [6.07, 6.45) is 0. The zero-order valence-corrected chi connectivity index (χ0v) is 28.2. The number of aromatic nitrogens is 1. The van der Waals surface area contributed by atoms with E-state index in [1.807, 2.05) is 17.4 Å². The Labute approximate surface area is 297 Å². The predicted octanol–water partition coefficient (Wildman–Crippen LogP) is 13.9. The lowest BCUT2D eigenvalue weighted by atomic mass is 9.96. The second kappa shape index (κ2) is 11.0. The van der Waals surface area contributed by atoms with Crippen LogP contribution < -0.4 is 4.90 Å². The number of thiophene rings is 1. The number of hydrogen-bond acceptors (Lipinski definition) is 4. The number of anilines is 3. The molecule has 0 spiro atoms. The summed E-state index contributed by atoms with van der Waals surface area (Å²) >= 11 is 1.81. The van der Waals surface area contributed by atoms with E-state index in [0.29, 0.717) is 5.89 Å². The summed E-state index contributed by atoms with van der Waals surface area (Å²) in [5.74, 6) is 0.651. The van der Waals surface area contributed by atoms with Crippen molar-refractivity contribution in [3.63, 3.8) is 0 Å². The smallest absolute Gasteiger partial charge is 0.228 e. The molecular weight excluding hydrogens is 641 g/mol. The van der Waals surface area contributed by atoms with Crippen molar-refractivity contribution in [1.29, 1.82) is 0 Å². The summed E-state index contributed by atoms with van der Waals surface area (Å²) in [6, 6.07) is 61.0. The average Bonchev–Trinajstić information content (AvgIpc) is 3.80. The highest BCUT2D eigenvalue weighted by atomic mass is 32.1. The van der Waals surface area contributed by atoms with Gasteiger partial charge in [-0.1, -0.05) is 115 Å². The van der Waals surface area contributed by atoms with Crippen molar-refractivity contribution in [3.8, 4) is 11.5 Å². The minimum atomic E-state index is 0.651. The highest BCUT2D eigenvalue weighted by Gasteiger charge is 2.19. The molecule has 0 aliphatic heterocycles. The van der Waals surface area contributed by atoms with E-state index in [0.717, 1.165) is 44.5 Å². The third kappa shape index (κ3) is 4.40. The van der Waals surface area contributed by atoms with Gasteiger partial charge in [-0.15, -0.1) is 11.3 Å². The van der Waals surface area contributed by atoms with E-state index >= 15 is 0 Å². The van der Waals surface area contributed by atoms with Crippen LogP contribution in [-0.4, -0.2) is 4.98 Å². The van der Waals surface area contributed by atoms with E-state index in [9.17, 15) is 0 Å². The molecule has 3 nitrogen and oxygen atoms in total. The van der Waals surface area contributed by atoms with Crippen LogP contribution in [0, 0.1) is 0 Å². The Morgan fingerprint density at radius 3 is 1.94 bits per heavy atom. The summed E-state index contributed by atoms with van der Waals surface area (Å²) in [4.78, 5) is 7.44. The molecule has 9 aromatic carbocycles. The number of para-hydroxylation sites is 1. The Morgan fingerprint density at radius 1 is 0.431 bits per heavy atom. The molecule has 0 aliphatic rings. The standard InChI is InChI=1S/C47H28N2OS/c1-2-11-32(12-3-1)49(33-21-17-31-19-23-37-35-13-6-4-9-29(35)18-24-38(37)41(31)27-33)34-22-25-39-44(28-34)51-43-16-8-15-40(45(39)43)47-48-46-36-14-7-5-10-30(36)20-26-42(46)50-47/h1-28H. The van der Waals surface area contributed by atoms with Crippen LogP contribution in [0.4, 0.5) is 17.1 Å². The minimum absolute atomic E-state index is 0.651. The van der Waals surface area contributed by atoms with Crippen LogP contribution in [0.1, 0.15) is 0 Å². The topological polar surface area (TPSA) is 29.3 Å². The molecule has 11 rings (SSSR count). The third-order valence-corrected chi connectivity index (χ3v) is 11.4. The first-order valence-electron chi connectivity index (χ1n) is 17.2. The summed E-state index contributed by atoms with van der Waals surface area (Å²) < 4.78 is 8.87. The Balaban J connectivity index is 1.09. The van der Waals surface area contributed by atoms with Gasteiger partial charge in [-0.3, -0.25) is 0 Å². The van der Waals surface area contributed by atoms with Crippen molar-refractivity contribution in [2.45, 2.75) is 0 Å². The van der Waals surface area contributed by atoms with Gasteiger partial charge in [0.15, 0.2) is 5.58 Å².